The summed E-state index contributed by atoms with van der Waals surface area (Å²) in [5, 5.41) is 2.96. The molecule has 184 valence electrons. The van der Waals surface area contributed by atoms with E-state index in [2.05, 4.69) is 5.32 Å². The number of hydrogen-bond acceptors (Lipinski definition) is 3. The molecule has 6 heteroatoms. The smallest absolute Gasteiger partial charge is 0.246 e. The summed E-state index contributed by atoms with van der Waals surface area (Å²) in [4.78, 5) is 32.6. The van der Waals surface area contributed by atoms with Crippen LogP contribution in [0.5, 0.6) is 0 Å². The van der Waals surface area contributed by atoms with Gasteiger partial charge in [0.05, 0.1) is 18.7 Å². The molecule has 4 rings (SSSR count). The molecule has 0 spiro atoms. The highest BCUT2D eigenvalue weighted by Crippen LogP contribution is 2.24. The minimum atomic E-state index is -0.282. The van der Waals surface area contributed by atoms with Gasteiger partial charge in [-0.1, -0.05) is 92.2 Å². The Kier molecular flexibility index (Phi) is 7.95. The van der Waals surface area contributed by atoms with Crippen molar-refractivity contribution in [3.63, 3.8) is 0 Å². The highest BCUT2D eigenvalue weighted by atomic mass is 16.2. The molecule has 6 nitrogen and oxygen atoms in total. The lowest BCUT2D eigenvalue weighted by Crippen LogP contribution is -2.41. The van der Waals surface area contributed by atoms with Gasteiger partial charge in [-0.2, -0.15) is 0 Å². The Balaban J connectivity index is 1.56. The molecule has 4 aromatic rings. The quantitative estimate of drug-likeness (QED) is 0.343. The van der Waals surface area contributed by atoms with Crippen LogP contribution >= 0.6 is 0 Å². The lowest BCUT2D eigenvalue weighted by molar-refractivity contribution is -0.134. The van der Waals surface area contributed by atoms with Crippen molar-refractivity contribution in [3.05, 3.63) is 102 Å². The third-order valence-electron chi connectivity index (χ3n) is 5.81. The molecule has 0 atom stereocenters. The summed E-state index contributed by atoms with van der Waals surface area (Å²) in [5.41, 5.74) is 4.68. The highest BCUT2D eigenvalue weighted by molar-refractivity contribution is 5.94. The standard InChI is InChI=1S/C30H32N4O2/c1-22(2)19-33(29(36)18-24-10-6-4-7-11-24)21-28(35)32-30-31-27(25-12-8-5-9-13-25)20-34(30)26-16-14-23(3)15-17-26/h4-17,20,22H,18-19,21H2,1-3H3,(H,31,32,35). The second-order valence-electron chi connectivity index (χ2n) is 9.40. The maximum absolute atomic E-state index is 13.2. The normalized spacial score (nSPS) is 10.9. The van der Waals surface area contributed by atoms with Crippen molar-refractivity contribution in [1.29, 1.82) is 0 Å². The minimum Gasteiger partial charge on any atom is -0.333 e. The molecule has 1 N–H and O–H groups in total. The number of aromatic nitrogens is 2. The van der Waals surface area contributed by atoms with Gasteiger partial charge in [-0.3, -0.25) is 19.5 Å². The number of carbonyl (C=O) groups is 2. The molecule has 0 unspecified atom stereocenters. The third-order valence-corrected chi connectivity index (χ3v) is 5.81. The summed E-state index contributed by atoms with van der Waals surface area (Å²) in [6.07, 6.45) is 2.18. The third kappa shape index (κ3) is 6.48. The molecule has 1 heterocycles. The van der Waals surface area contributed by atoms with E-state index in [-0.39, 0.29) is 30.7 Å². The van der Waals surface area contributed by atoms with Gasteiger partial charge in [0.1, 0.15) is 0 Å². The summed E-state index contributed by atoms with van der Waals surface area (Å²) in [6, 6.07) is 27.5. The van der Waals surface area contributed by atoms with E-state index in [1.807, 2.05) is 116 Å². The Morgan fingerprint density at radius 1 is 0.917 bits per heavy atom. The average molecular weight is 481 g/mol. The monoisotopic (exact) mass is 480 g/mol. The second-order valence-corrected chi connectivity index (χ2v) is 9.40. The fourth-order valence-corrected chi connectivity index (χ4v) is 4.03. The van der Waals surface area contributed by atoms with Gasteiger partial charge in [-0.05, 0) is 30.5 Å². The molecular formula is C30H32N4O2. The SMILES string of the molecule is Cc1ccc(-n2cc(-c3ccccc3)nc2NC(=O)CN(CC(C)C)C(=O)Cc2ccccc2)cc1. The Bertz CT molecular complexity index is 1300. The van der Waals surface area contributed by atoms with Gasteiger partial charge in [-0.15, -0.1) is 0 Å². The predicted octanol–water partition coefficient (Wildman–Crippen LogP) is 5.51. The number of nitrogens with one attached hydrogen (secondary N) is 1. The van der Waals surface area contributed by atoms with E-state index in [4.69, 9.17) is 4.98 Å². The van der Waals surface area contributed by atoms with Crippen LogP contribution in [0.25, 0.3) is 16.9 Å². The molecule has 1 aromatic heterocycles. The number of amides is 2. The Morgan fingerprint density at radius 3 is 2.19 bits per heavy atom. The zero-order valence-electron chi connectivity index (χ0n) is 21.0. The van der Waals surface area contributed by atoms with E-state index in [0.717, 1.165) is 28.1 Å². The summed E-state index contributed by atoms with van der Waals surface area (Å²) < 4.78 is 1.87. The first-order valence-electron chi connectivity index (χ1n) is 12.2. The van der Waals surface area contributed by atoms with Crippen LogP contribution in [0.15, 0.2) is 91.1 Å². The van der Waals surface area contributed by atoms with E-state index in [9.17, 15) is 9.59 Å². The van der Waals surface area contributed by atoms with Crippen molar-refractivity contribution in [2.75, 3.05) is 18.4 Å². The van der Waals surface area contributed by atoms with Crippen LogP contribution in [0.3, 0.4) is 0 Å². The van der Waals surface area contributed by atoms with Crippen LogP contribution in [-0.2, 0) is 16.0 Å². The maximum atomic E-state index is 13.2. The molecule has 0 fully saturated rings. The minimum absolute atomic E-state index is 0.0364. The van der Waals surface area contributed by atoms with Crippen LogP contribution in [0.2, 0.25) is 0 Å². The lowest BCUT2D eigenvalue weighted by atomic mass is 10.1. The van der Waals surface area contributed by atoms with Gasteiger partial charge in [-0.25, -0.2) is 4.98 Å². The first-order valence-corrected chi connectivity index (χ1v) is 12.2. The molecule has 0 saturated carbocycles. The van der Waals surface area contributed by atoms with Crippen LogP contribution in [0, 0.1) is 12.8 Å². The van der Waals surface area contributed by atoms with Gasteiger partial charge in [0.15, 0.2) is 0 Å². The molecule has 0 aliphatic heterocycles. The fraction of sp³-hybridized carbons (Fsp3) is 0.233. The van der Waals surface area contributed by atoms with E-state index in [1.54, 1.807) is 4.90 Å². The van der Waals surface area contributed by atoms with Crippen LogP contribution < -0.4 is 5.32 Å². The Morgan fingerprint density at radius 2 is 1.56 bits per heavy atom. The number of hydrogen-bond donors (Lipinski definition) is 1. The summed E-state index contributed by atoms with van der Waals surface area (Å²) in [5.74, 6) is 0.298. The van der Waals surface area contributed by atoms with Crippen LogP contribution in [-0.4, -0.2) is 39.4 Å². The molecule has 0 radical (unpaired) electrons. The molecule has 0 aliphatic carbocycles. The Labute approximate surface area is 212 Å². The molecule has 2 amide bonds. The number of nitrogens with zero attached hydrogens (tertiary/aromatic N) is 3. The van der Waals surface area contributed by atoms with Crippen molar-refractivity contribution >= 4 is 17.8 Å². The van der Waals surface area contributed by atoms with Crippen molar-refractivity contribution in [1.82, 2.24) is 14.5 Å². The van der Waals surface area contributed by atoms with Crippen LogP contribution in [0.1, 0.15) is 25.0 Å². The second kappa shape index (κ2) is 11.5. The van der Waals surface area contributed by atoms with E-state index in [1.165, 1.54) is 0 Å². The number of imidazole rings is 1. The average Bonchev–Trinajstić information content (AvgIpc) is 3.28. The topological polar surface area (TPSA) is 67.2 Å². The lowest BCUT2D eigenvalue weighted by Gasteiger charge is -2.24. The van der Waals surface area contributed by atoms with Crippen molar-refractivity contribution in [2.24, 2.45) is 5.92 Å². The zero-order chi connectivity index (χ0) is 25.5. The van der Waals surface area contributed by atoms with E-state index >= 15 is 0 Å². The number of benzene rings is 3. The largest absolute Gasteiger partial charge is 0.333 e. The zero-order valence-corrected chi connectivity index (χ0v) is 21.0. The van der Waals surface area contributed by atoms with Crippen LogP contribution in [0.4, 0.5) is 5.95 Å². The van der Waals surface area contributed by atoms with E-state index in [0.29, 0.717) is 12.5 Å². The number of aryl methyl sites for hydroxylation is 1. The van der Waals surface area contributed by atoms with Gasteiger partial charge in [0.25, 0.3) is 0 Å². The number of rotatable bonds is 9. The number of anilines is 1. The number of carbonyl (C=O) groups excluding carboxylic acids is 2. The predicted molar refractivity (Wildman–Crippen MR) is 144 cm³/mol. The highest BCUT2D eigenvalue weighted by Gasteiger charge is 2.21. The molecule has 0 bridgehead atoms. The summed E-state index contributed by atoms with van der Waals surface area (Å²) >= 11 is 0. The summed E-state index contributed by atoms with van der Waals surface area (Å²) in [7, 11) is 0. The molecular weight excluding hydrogens is 448 g/mol. The molecule has 36 heavy (non-hydrogen) atoms. The van der Waals surface area contributed by atoms with Crippen molar-refractivity contribution in [3.8, 4) is 16.9 Å². The van der Waals surface area contributed by atoms with Gasteiger partial charge in [0, 0.05) is 24.0 Å². The van der Waals surface area contributed by atoms with Gasteiger partial charge >= 0.3 is 0 Å². The fourth-order valence-electron chi connectivity index (χ4n) is 4.03. The van der Waals surface area contributed by atoms with Gasteiger partial charge < -0.3 is 4.90 Å². The first-order chi connectivity index (χ1) is 17.4. The molecule has 0 saturated heterocycles. The van der Waals surface area contributed by atoms with Gasteiger partial charge in [0.2, 0.25) is 17.8 Å². The van der Waals surface area contributed by atoms with E-state index < -0.39 is 0 Å². The van der Waals surface area contributed by atoms with Crippen molar-refractivity contribution in [2.45, 2.75) is 27.2 Å². The molecule has 0 aliphatic rings. The summed E-state index contributed by atoms with van der Waals surface area (Å²) in [6.45, 7) is 6.57. The maximum Gasteiger partial charge on any atom is 0.246 e. The first kappa shape index (κ1) is 24.9. The van der Waals surface area contributed by atoms with Crippen molar-refractivity contribution < 1.29 is 9.59 Å². The molecule has 3 aromatic carbocycles. The Hall–Kier alpha value is -4.19.